The van der Waals surface area contributed by atoms with Crippen LogP contribution in [0.4, 0.5) is 4.79 Å². The molecule has 33 heavy (non-hydrogen) atoms. The molecule has 2 aromatic rings. The van der Waals surface area contributed by atoms with Crippen LogP contribution in [0.2, 0.25) is 5.02 Å². The van der Waals surface area contributed by atoms with Crippen molar-refractivity contribution in [2.24, 2.45) is 0 Å². The number of nitrogens with one attached hydrogen (secondary N) is 1. The highest BCUT2D eigenvalue weighted by atomic mass is 35.5. The monoisotopic (exact) mass is 491 g/mol. The molecule has 0 aliphatic carbocycles. The van der Waals surface area contributed by atoms with E-state index in [1.165, 1.54) is 28.9 Å². The summed E-state index contributed by atoms with van der Waals surface area (Å²) in [6, 6.07) is 7.02. The standard InChI is InChI=1S/C23H26ClN3O5S/c1-26-8-5-14-3-4-16(11-15(14)6-9-26)22(29)27-13-17(12-19(27)32-23(30)31-2)25-21(28)20-18(24)7-10-33-20/h3-4,7,10-11,17,19H,5-6,8-9,12-13H2,1-2H3,(H,25,28)/t17-,19+/m1/s1. The van der Waals surface area contributed by atoms with E-state index in [1.807, 2.05) is 18.2 Å². The number of carbonyl (C=O) groups is 3. The fraction of sp³-hybridized carbons (Fsp3) is 0.435. The molecular formula is C23H26ClN3O5S. The number of hydrogen-bond acceptors (Lipinski definition) is 7. The van der Waals surface area contributed by atoms with Crippen LogP contribution in [0.1, 0.15) is 37.6 Å². The van der Waals surface area contributed by atoms with Gasteiger partial charge in [0, 0.05) is 31.6 Å². The Morgan fingerprint density at radius 1 is 1.15 bits per heavy atom. The lowest BCUT2D eigenvalue weighted by molar-refractivity contribution is -0.0146. The third kappa shape index (κ3) is 5.31. The molecule has 1 N–H and O–H groups in total. The van der Waals surface area contributed by atoms with Gasteiger partial charge in [-0.25, -0.2) is 4.79 Å². The molecular weight excluding hydrogens is 466 g/mol. The first kappa shape index (κ1) is 23.5. The molecule has 1 saturated heterocycles. The van der Waals surface area contributed by atoms with E-state index in [-0.39, 0.29) is 24.8 Å². The van der Waals surface area contributed by atoms with E-state index in [2.05, 4.69) is 22.0 Å². The number of likely N-dealkylation sites (tertiary alicyclic amines) is 1. The van der Waals surface area contributed by atoms with Crippen molar-refractivity contribution in [2.45, 2.75) is 31.5 Å². The van der Waals surface area contributed by atoms with Crippen molar-refractivity contribution < 1.29 is 23.9 Å². The number of hydrogen-bond donors (Lipinski definition) is 1. The van der Waals surface area contributed by atoms with Gasteiger partial charge >= 0.3 is 6.16 Å². The molecule has 0 radical (unpaired) electrons. The van der Waals surface area contributed by atoms with Crippen LogP contribution in [-0.4, -0.2) is 73.8 Å². The Bertz CT molecular complexity index is 1060. The Balaban J connectivity index is 1.52. The lowest BCUT2D eigenvalue weighted by Gasteiger charge is -2.24. The van der Waals surface area contributed by atoms with Gasteiger partial charge in [0.05, 0.1) is 18.2 Å². The van der Waals surface area contributed by atoms with Gasteiger partial charge in [0.15, 0.2) is 6.23 Å². The van der Waals surface area contributed by atoms with Gasteiger partial charge in [-0.05, 0) is 54.6 Å². The Morgan fingerprint density at radius 2 is 1.91 bits per heavy atom. The quantitative estimate of drug-likeness (QED) is 0.661. The average Bonchev–Trinajstić information content (AvgIpc) is 3.35. The first-order valence-electron chi connectivity index (χ1n) is 10.8. The number of methoxy groups -OCH3 is 1. The molecule has 0 unspecified atom stereocenters. The summed E-state index contributed by atoms with van der Waals surface area (Å²) in [5, 5.41) is 5.01. The number of fused-ring (bicyclic) bond motifs is 1. The highest BCUT2D eigenvalue weighted by Gasteiger charge is 2.39. The second-order valence-electron chi connectivity index (χ2n) is 8.27. The minimum absolute atomic E-state index is 0.203. The van der Waals surface area contributed by atoms with Crippen molar-refractivity contribution >= 4 is 40.9 Å². The molecule has 0 bridgehead atoms. The Morgan fingerprint density at radius 3 is 2.61 bits per heavy atom. The van der Waals surface area contributed by atoms with Crippen LogP contribution < -0.4 is 5.32 Å². The molecule has 1 aromatic heterocycles. The van der Waals surface area contributed by atoms with Crippen molar-refractivity contribution in [1.82, 2.24) is 15.1 Å². The molecule has 176 valence electrons. The third-order valence-electron chi connectivity index (χ3n) is 6.05. The van der Waals surface area contributed by atoms with E-state index in [0.717, 1.165) is 31.5 Å². The number of ether oxygens (including phenoxy) is 2. The molecule has 0 spiro atoms. The normalized spacial score (nSPS) is 20.6. The highest BCUT2D eigenvalue weighted by Crippen LogP contribution is 2.26. The predicted octanol–water partition coefficient (Wildman–Crippen LogP) is 3.19. The summed E-state index contributed by atoms with van der Waals surface area (Å²) in [5.41, 5.74) is 2.94. The predicted molar refractivity (Wildman–Crippen MR) is 125 cm³/mol. The van der Waals surface area contributed by atoms with E-state index < -0.39 is 18.4 Å². The van der Waals surface area contributed by atoms with Crippen molar-refractivity contribution in [2.75, 3.05) is 33.8 Å². The lowest BCUT2D eigenvalue weighted by atomic mass is 9.99. The number of thiophene rings is 1. The number of amides is 2. The number of halogens is 1. The molecule has 8 nitrogen and oxygen atoms in total. The molecule has 1 aromatic carbocycles. The van der Waals surface area contributed by atoms with E-state index in [9.17, 15) is 14.4 Å². The molecule has 10 heteroatoms. The van der Waals surface area contributed by atoms with Gasteiger partial charge in [0.1, 0.15) is 4.88 Å². The van der Waals surface area contributed by atoms with Crippen molar-refractivity contribution in [3.05, 3.63) is 56.2 Å². The van der Waals surface area contributed by atoms with Gasteiger partial charge in [-0.1, -0.05) is 17.7 Å². The number of carbonyl (C=O) groups excluding carboxylic acids is 3. The summed E-state index contributed by atoms with van der Waals surface area (Å²) in [4.78, 5) is 42.0. The number of rotatable bonds is 4. The molecule has 2 amide bonds. The fourth-order valence-corrected chi connectivity index (χ4v) is 5.28. The SMILES string of the molecule is COC(=O)O[C@H]1C[C@@H](NC(=O)c2sccc2Cl)CN1C(=O)c1ccc2c(c1)CCN(C)CC2. The van der Waals surface area contributed by atoms with Crippen molar-refractivity contribution in [1.29, 1.82) is 0 Å². The minimum atomic E-state index is -0.879. The second-order valence-corrected chi connectivity index (χ2v) is 9.60. The largest absolute Gasteiger partial charge is 0.509 e. The maximum atomic E-state index is 13.4. The number of likely N-dealkylation sites (N-methyl/N-ethyl adjacent to an activating group) is 1. The van der Waals surface area contributed by atoms with E-state index in [0.29, 0.717) is 15.5 Å². The maximum absolute atomic E-state index is 13.4. The van der Waals surface area contributed by atoms with Crippen LogP contribution in [-0.2, 0) is 22.3 Å². The van der Waals surface area contributed by atoms with Gasteiger partial charge in [-0.3, -0.25) is 9.59 Å². The first-order chi connectivity index (χ1) is 15.9. The van der Waals surface area contributed by atoms with Gasteiger partial charge in [-0.15, -0.1) is 11.3 Å². The summed E-state index contributed by atoms with van der Waals surface area (Å²) < 4.78 is 9.98. The Labute approximate surface area is 201 Å². The first-order valence-corrected chi connectivity index (χ1v) is 12.0. The van der Waals surface area contributed by atoms with E-state index in [4.69, 9.17) is 16.3 Å². The minimum Gasteiger partial charge on any atom is -0.438 e. The van der Waals surface area contributed by atoms with Crippen LogP contribution in [0.3, 0.4) is 0 Å². The van der Waals surface area contributed by atoms with Crippen LogP contribution in [0.15, 0.2) is 29.6 Å². The highest BCUT2D eigenvalue weighted by molar-refractivity contribution is 7.12. The smallest absolute Gasteiger partial charge is 0.438 e. The van der Waals surface area contributed by atoms with Crippen molar-refractivity contribution in [3.63, 3.8) is 0 Å². The van der Waals surface area contributed by atoms with E-state index in [1.54, 1.807) is 11.4 Å². The zero-order valence-corrected chi connectivity index (χ0v) is 20.1. The maximum Gasteiger partial charge on any atom is 0.509 e. The summed E-state index contributed by atoms with van der Waals surface area (Å²) in [6.07, 6.45) is 0.341. The fourth-order valence-electron chi connectivity index (χ4n) is 4.23. The zero-order chi connectivity index (χ0) is 23.5. The summed E-state index contributed by atoms with van der Waals surface area (Å²) in [6.45, 7) is 2.12. The molecule has 0 saturated carbocycles. The lowest BCUT2D eigenvalue weighted by Crippen LogP contribution is -2.40. The summed E-state index contributed by atoms with van der Waals surface area (Å²) in [5.74, 6) is -0.574. The van der Waals surface area contributed by atoms with Gasteiger partial charge in [0.2, 0.25) is 0 Å². The van der Waals surface area contributed by atoms with Gasteiger partial charge in [-0.2, -0.15) is 0 Å². The molecule has 1 fully saturated rings. The summed E-state index contributed by atoms with van der Waals surface area (Å²) in [7, 11) is 3.31. The zero-order valence-electron chi connectivity index (χ0n) is 18.5. The third-order valence-corrected chi connectivity index (χ3v) is 7.39. The molecule has 2 atom stereocenters. The summed E-state index contributed by atoms with van der Waals surface area (Å²) >= 11 is 7.31. The van der Waals surface area contributed by atoms with Gasteiger partial charge < -0.3 is 24.6 Å². The Kier molecular flexibility index (Phi) is 7.21. The Hall–Kier alpha value is -2.62. The molecule has 4 rings (SSSR count). The topological polar surface area (TPSA) is 88.2 Å². The number of benzene rings is 1. The van der Waals surface area contributed by atoms with Gasteiger partial charge in [0.25, 0.3) is 11.8 Å². The molecule has 2 aliphatic rings. The number of nitrogens with zero attached hydrogens (tertiary/aromatic N) is 2. The van der Waals surface area contributed by atoms with E-state index >= 15 is 0 Å². The van der Waals surface area contributed by atoms with Crippen LogP contribution in [0.5, 0.6) is 0 Å². The van der Waals surface area contributed by atoms with Crippen LogP contribution in [0, 0.1) is 0 Å². The average molecular weight is 492 g/mol. The second kappa shape index (κ2) is 10.1. The van der Waals surface area contributed by atoms with Crippen LogP contribution >= 0.6 is 22.9 Å². The molecule has 2 aliphatic heterocycles. The van der Waals surface area contributed by atoms with Crippen molar-refractivity contribution in [3.8, 4) is 0 Å². The molecule has 3 heterocycles. The van der Waals surface area contributed by atoms with Crippen LogP contribution in [0.25, 0.3) is 0 Å².